The Balaban J connectivity index is 1.55. The number of rotatable bonds is 7. The minimum Gasteiger partial charge on any atom is -0.496 e. The Morgan fingerprint density at radius 3 is 2.41 bits per heavy atom. The third-order valence-corrected chi connectivity index (χ3v) is 6.08. The lowest BCUT2D eigenvalue weighted by molar-refractivity contribution is -0.274. The monoisotopic (exact) mass is 510 g/mol. The molecule has 1 atom stereocenters. The van der Waals surface area contributed by atoms with E-state index in [2.05, 4.69) is 10.1 Å². The first kappa shape index (κ1) is 25.8. The number of methoxy groups -OCH3 is 1. The third kappa shape index (κ3) is 5.94. The highest BCUT2D eigenvalue weighted by molar-refractivity contribution is 6.02. The van der Waals surface area contributed by atoms with Gasteiger partial charge < -0.3 is 19.4 Å². The van der Waals surface area contributed by atoms with Crippen molar-refractivity contribution in [2.45, 2.75) is 32.7 Å². The van der Waals surface area contributed by atoms with Crippen molar-refractivity contribution in [3.63, 3.8) is 0 Å². The van der Waals surface area contributed by atoms with E-state index in [1.54, 1.807) is 44.5 Å². The summed E-state index contributed by atoms with van der Waals surface area (Å²) in [6, 6.07) is 17.3. The fraction of sp³-hybridized carbons (Fsp3) is 0.214. The summed E-state index contributed by atoms with van der Waals surface area (Å²) < 4.78 is 48.0. The Kier molecular flexibility index (Phi) is 7.24. The Hall–Kier alpha value is -4.27. The van der Waals surface area contributed by atoms with E-state index in [1.165, 1.54) is 28.8 Å². The smallest absolute Gasteiger partial charge is 0.496 e. The van der Waals surface area contributed by atoms with Crippen LogP contribution in [0.3, 0.4) is 0 Å². The Bertz CT molecular complexity index is 1490. The van der Waals surface area contributed by atoms with Crippen molar-refractivity contribution >= 4 is 22.4 Å². The number of hydrogen-bond donors (Lipinski definition) is 1. The van der Waals surface area contributed by atoms with Crippen molar-refractivity contribution in [1.29, 1.82) is 0 Å². The molecule has 4 rings (SSSR count). The summed E-state index contributed by atoms with van der Waals surface area (Å²) in [7, 11) is 1.59. The first-order valence-corrected chi connectivity index (χ1v) is 11.5. The molecular formula is C28H25F3N2O4. The molecular weight excluding hydrogens is 485 g/mol. The van der Waals surface area contributed by atoms with Gasteiger partial charge in [0.05, 0.1) is 19.6 Å². The van der Waals surface area contributed by atoms with E-state index in [0.29, 0.717) is 22.0 Å². The van der Waals surface area contributed by atoms with E-state index in [-0.39, 0.29) is 23.6 Å². The van der Waals surface area contributed by atoms with Gasteiger partial charge in [0.2, 0.25) is 5.91 Å². The fourth-order valence-corrected chi connectivity index (χ4v) is 4.25. The lowest BCUT2D eigenvalue weighted by Crippen LogP contribution is -2.24. The number of anilines is 1. The van der Waals surface area contributed by atoms with Gasteiger partial charge in [-0.25, -0.2) is 0 Å². The molecule has 0 fully saturated rings. The molecule has 1 amide bonds. The average molecular weight is 511 g/mol. The van der Waals surface area contributed by atoms with Crippen LogP contribution in [0.15, 0.2) is 77.7 Å². The number of halogens is 3. The molecule has 37 heavy (non-hydrogen) atoms. The van der Waals surface area contributed by atoms with Crippen molar-refractivity contribution in [1.82, 2.24) is 4.57 Å². The van der Waals surface area contributed by atoms with Gasteiger partial charge in [0, 0.05) is 22.7 Å². The first-order chi connectivity index (χ1) is 17.6. The zero-order valence-corrected chi connectivity index (χ0v) is 20.4. The van der Waals surface area contributed by atoms with Crippen LogP contribution in [0.2, 0.25) is 0 Å². The fourth-order valence-electron chi connectivity index (χ4n) is 4.25. The van der Waals surface area contributed by atoms with Crippen LogP contribution in [0.1, 0.15) is 29.7 Å². The molecule has 1 N–H and O–H groups in total. The van der Waals surface area contributed by atoms with E-state index >= 15 is 0 Å². The number of aromatic nitrogens is 1. The summed E-state index contributed by atoms with van der Waals surface area (Å²) in [5.74, 6) is 0.185. The molecule has 3 aromatic carbocycles. The van der Waals surface area contributed by atoms with Gasteiger partial charge in [0.25, 0.3) is 5.56 Å². The maximum absolute atomic E-state index is 13.3. The summed E-state index contributed by atoms with van der Waals surface area (Å²) >= 11 is 0. The molecule has 192 valence electrons. The topological polar surface area (TPSA) is 69.6 Å². The number of hydrogen-bond acceptors (Lipinski definition) is 4. The van der Waals surface area contributed by atoms with E-state index in [0.717, 1.165) is 16.9 Å². The molecule has 0 spiro atoms. The van der Waals surface area contributed by atoms with Gasteiger partial charge in [-0.15, -0.1) is 13.2 Å². The third-order valence-electron chi connectivity index (χ3n) is 6.08. The van der Waals surface area contributed by atoms with Crippen LogP contribution in [0.4, 0.5) is 18.9 Å². The number of nitrogens with one attached hydrogen (secondary N) is 1. The minimum absolute atomic E-state index is 0.156. The standard InChI is InChI=1S/C28H25F3N2O4/c1-17-15-19(7-12-25(17)36-3)16-26(34)32-24-6-4-5-23-22(24)13-14-33(27(23)35)18(2)20-8-10-21(11-9-20)37-28(29,30)31/h4-15,18H,16H2,1-3H3,(H,32,34). The van der Waals surface area contributed by atoms with Crippen LogP contribution in [0.25, 0.3) is 10.8 Å². The zero-order chi connectivity index (χ0) is 26.7. The molecule has 0 bridgehead atoms. The average Bonchev–Trinajstić information content (AvgIpc) is 2.84. The molecule has 0 aliphatic carbocycles. The Labute approximate surface area is 211 Å². The lowest BCUT2D eigenvalue weighted by atomic mass is 10.1. The number of carbonyl (C=O) groups is 1. The summed E-state index contributed by atoms with van der Waals surface area (Å²) in [6.45, 7) is 3.68. The Morgan fingerprint density at radius 2 is 1.76 bits per heavy atom. The number of ether oxygens (including phenoxy) is 2. The van der Waals surface area contributed by atoms with E-state index < -0.39 is 12.4 Å². The molecule has 1 unspecified atom stereocenters. The van der Waals surface area contributed by atoms with E-state index in [1.807, 2.05) is 25.1 Å². The molecule has 0 saturated heterocycles. The maximum Gasteiger partial charge on any atom is 0.573 e. The van der Waals surface area contributed by atoms with E-state index in [9.17, 15) is 22.8 Å². The van der Waals surface area contributed by atoms with Gasteiger partial charge >= 0.3 is 6.36 Å². The second-order valence-corrected chi connectivity index (χ2v) is 8.62. The lowest BCUT2D eigenvalue weighted by Gasteiger charge is -2.18. The quantitative estimate of drug-likeness (QED) is 0.331. The van der Waals surface area contributed by atoms with Crippen LogP contribution in [0.5, 0.6) is 11.5 Å². The number of aryl methyl sites for hydroxylation is 1. The molecule has 4 aromatic rings. The van der Waals surface area contributed by atoms with Gasteiger partial charge in [-0.05, 0) is 66.9 Å². The van der Waals surface area contributed by atoms with Gasteiger partial charge in [0.1, 0.15) is 11.5 Å². The highest BCUT2D eigenvalue weighted by Crippen LogP contribution is 2.27. The number of carbonyl (C=O) groups excluding carboxylic acids is 1. The molecule has 1 heterocycles. The van der Waals surface area contributed by atoms with Gasteiger partial charge in [-0.3, -0.25) is 9.59 Å². The number of benzene rings is 3. The minimum atomic E-state index is -4.77. The van der Waals surface area contributed by atoms with Crippen LogP contribution in [-0.4, -0.2) is 23.9 Å². The molecule has 0 radical (unpaired) electrons. The number of alkyl halides is 3. The van der Waals surface area contributed by atoms with Crippen molar-refractivity contribution in [3.8, 4) is 11.5 Å². The van der Waals surface area contributed by atoms with Crippen LogP contribution in [0, 0.1) is 6.92 Å². The van der Waals surface area contributed by atoms with Crippen molar-refractivity contribution < 1.29 is 27.4 Å². The van der Waals surface area contributed by atoms with E-state index in [4.69, 9.17) is 4.74 Å². The summed E-state index contributed by atoms with van der Waals surface area (Å²) in [5, 5.41) is 3.88. The van der Waals surface area contributed by atoms with Crippen LogP contribution >= 0.6 is 0 Å². The molecule has 6 nitrogen and oxygen atoms in total. The van der Waals surface area contributed by atoms with Crippen molar-refractivity contribution in [3.05, 3.63) is 100.0 Å². The number of pyridine rings is 1. The van der Waals surface area contributed by atoms with Gasteiger partial charge in [-0.1, -0.05) is 30.3 Å². The number of nitrogens with zero attached hydrogens (tertiary/aromatic N) is 1. The maximum atomic E-state index is 13.3. The molecule has 0 aliphatic heterocycles. The molecule has 0 saturated carbocycles. The SMILES string of the molecule is COc1ccc(CC(=O)Nc2cccc3c(=O)n(C(C)c4ccc(OC(F)(F)F)cc4)ccc23)cc1C. The summed E-state index contributed by atoms with van der Waals surface area (Å²) in [6.07, 6.45) is -3.01. The predicted molar refractivity (Wildman–Crippen MR) is 135 cm³/mol. The summed E-state index contributed by atoms with van der Waals surface area (Å²) in [4.78, 5) is 26.0. The molecule has 9 heteroatoms. The van der Waals surface area contributed by atoms with Gasteiger partial charge in [-0.2, -0.15) is 0 Å². The highest BCUT2D eigenvalue weighted by atomic mass is 19.4. The van der Waals surface area contributed by atoms with Gasteiger partial charge in [0.15, 0.2) is 0 Å². The summed E-state index contributed by atoms with van der Waals surface area (Å²) in [5.41, 5.74) is 2.62. The molecule has 1 aromatic heterocycles. The van der Waals surface area contributed by atoms with Crippen molar-refractivity contribution in [2.24, 2.45) is 0 Å². The highest BCUT2D eigenvalue weighted by Gasteiger charge is 2.31. The number of fused-ring (bicyclic) bond motifs is 1. The molecule has 0 aliphatic rings. The largest absolute Gasteiger partial charge is 0.573 e. The second-order valence-electron chi connectivity index (χ2n) is 8.62. The van der Waals surface area contributed by atoms with Crippen LogP contribution in [-0.2, 0) is 11.2 Å². The zero-order valence-electron chi connectivity index (χ0n) is 20.4. The second kappa shape index (κ2) is 10.4. The first-order valence-electron chi connectivity index (χ1n) is 11.5. The normalized spacial score (nSPS) is 12.3. The van der Waals surface area contributed by atoms with Crippen LogP contribution < -0.4 is 20.3 Å². The predicted octanol–water partition coefficient (Wildman–Crippen LogP) is 6.01. The Morgan fingerprint density at radius 1 is 1.03 bits per heavy atom. The number of amides is 1. The van der Waals surface area contributed by atoms with Crippen molar-refractivity contribution in [2.75, 3.05) is 12.4 Å².